The Morgan fingerprint density at radius 1 is 1.29 bits per heavy atom. The Kier molecular flexibility index (Phi) is 6.47. The lowest BCUT2D eigenvalue weighted by atomic mass is 9.90. The summed E-state index contributed by atoms with van der Waals surface area (Å²) < 4.78 is 5.50. The summed E-state index contributed by atoms with van der Waals surface area (Å²) in [6.07, 6.45) is 6.52. The van der Waals surface area contributed by atoms with Crippen LogP contribution in [0.1, 0.15) is 57.6 Å². The van der Waals surface area contributed by atoms with E-state index in [4.69, 9.17) is 10.5 Å². The Hall–Kier alpha value is -2.24. The molecule has 1 amide bonds. The largest absolute Gasteiger partial charge is 0.444 e. The summed E-state index contributed by atoms with van der Waals surface area (Å²) in [6.45, 7) is 7.72. The van der Waals surface area contributed by atoms with Gasteiger partial charge in [-0.2, -0.15) is 0 Å². The molecule has 6 heteroatoms. The van der Waals surface area contributed by atoms with Gasteiger partial charge in [0, 0.05) is 25.3 Å². The highest BCUT2D eigenvalue weighted by molar-refractivity contribution is 5.93. The Labute approximate surface area is 168 Å². The van der Waals surface area contributed by atoms with E-state index in [0.29, 0.717) is 25.0 Å². The van der Waals surface area contributed by atoms with E-state index >= 15 is 0 Å². The molecule has 1 saturated heterocycles. The molecule has 1 aromatic rings. The standard InChI is InChI=1S/C22H34N4O2/c1-22(2,3)28-21(27)26-13-7-8-16(15-26)14-24-20(23)25-19-12-6-10-17-9-4-5-11-18(17)19/h6,10,12,16H,4-5,7-9,11,13-15H2,1-3H3,(H3,23,24,25). The summed E-state index contributed by atoms with van der Waals surface area (Å²) in [5.74, 6) is 0.764. The summed E-state index contributed by atoms with van der Waals surface area (Å²) in [6, 6.07) is 6.37. The first-order chi connectivity index (χ1) is 13.3. The second-order valence-corrected chi connectivity index (χ2v) is 8.94. The molecular formula is C22H34N4O2. The molecule has 1 fully saturated rings. The van der Waals surface area contributed by atoms with E-state index in [1.807, 2.05) is 20.8 Å². The van der Waals surface area contributed by atoms with Crippen molar-refractivity contribution in [3.05, 3.63) is 29.3 Å². The zero-order valence-electron chi connectivity index (χ0n) is 17.5. The second-order valence-electron chi connectivity index (χ2n) is 8.94. The van der Waals surface area contributed by atoms with Crippen LogP contribution in [0, 0.1) is 5.92 Å². The summed E-state index contributed by atoms with van der Waals surface area (Å²) in [7, 11) is 0. The van der Waals surface area contributed by atoms with E-state index in [0.717, 1.165) is 37.9 Å². The molecule has 6 nitrogen and oxygen atoms in total. The molecule has 1 aliphatic carbocycles. The number of anilines is 1. The van der Waals surface area contributed by atoms with Crippen LogP contribution in [0.5, 0.6) is 0 Å². The Bertz CT molecular complexity index is 724. The summed E-state index contributed by atoms with van der Waals surface area (Å²) >= 11 is 0. The van der Waals surface area contributed by atoms with Gasteiger partial charge in [0.1, 0.15) is 5.60 Å². The minimum absolute atomic E-state index is 0.233. The first-order valence-corrected chi connectivity index (χ1v) is 10.5. The highest BCUT2D eigenvalue weighted by atomic mass is 16.6. The van der Waals surface area contributed by atoms with Crippen LogP contribution < -0.4 is 11.1 Å². The van der Waals surface area contributed by atoms with Crippen molar-refractivity contribution in [1.82, 2.24) is 4.90 Å². The number of aryl methyl sites for hydroxylation is 1. The number of nitrogens with zero attached hydrogens (tertiary/aromatic N) is 2. The molecule has 1 unspecified atom stereocenters. The van der Waals surface area contributed by atoms with Crippen LogP contribution in [0.3, 0.4) is 0 Å². The fourth-order valence-corrected chi connectivity index (χ4v) is 4.01. The Morgan fingerprint density at radius 2 is 2.07 bits per heavy atom. The predicted molar refractivity (Wildman–Crippen MR) is 114 cm³/mol. The number of fused-ring (bicyclic) bond motifs is 1. The maximum atomic E-state index is 12.3. The van der Waals surface area contributed by atoms with E-state index in [-0.39, 0.29) is 6.09 Å². The predicted octanol–water partition coefficient (Wildman–Crippen LogP) is 3.94. The third-order valence-electron chi connectivity index (χ3n) is 5.35. The zero-order valence-corrected chi connectivity index (χ0v) is 17.5. The van der Waals surface area contributed by atoms with E-state index < -0.39 is 5.60 Å². The van der Waals surface area contributed by atoms with E-state index in [1.165, 1.54) is 24.0 Å². The normalized spacial score (nSPS) is 20.5. The minimum Gasteiger partial charge on any atom is -0.444 e. The van der Waals surface area contributed by atoms with E-state index in [9.17, 15) is 4.79 Å². The number of likely N-dealkylation sites (tertiary alicyclic amines) is 1. The topological polar surface area (TPSA) is 80.0 Å². The van der Waals surface area contributed by atoms with Crippen LogP contribution in [0.15, 0.2) is 23.2 Å². The molecule has 28 heavy (non-hydrogen) atoms. The highest BCUT2D eigenvalue weighted by Gasteiger charge is 2.27. The first-order valence-electron chi connectivity index (χ1n) is 10.5. The van der Waals surface area contributed by atoms with Gasteiger partial charge >= 0.3 is 6.09 Å². The minimum atomic E-state index is -0.467. The van der Waals surface area contributed by atoms with Gasteiger partial charge in [-0.25, -0.2) is 4.79 Å². The van der Waals surface area contributed by atoms with Gasteiger partial charge < -0.3 is 20.7 Å². The van der Waals surface area contributed by atoms with Crippen LogP contribution in [0.25, 0.3) is 0 Å². The number of hydrogen-bond acceptors (Lipinski definition) is 3. The molecule has 0 saturated carbocycles. The van der Waals surface area contributed by atoms with Gasteiger partial charge in [-0.3, -0.25) is 4.99 Å². The maximum absolute atomic E-state index is 12.3. The fraction of sp³-hybridized carbons (Fsp3) is 0.636. The lowest BCUT2D eigenvalue weighted by Gasteiger charge is -2.33. The summed E-state index contributed by atoms with van der Waals surface area (Å²) in [4.78, 5) is 18.7. The number of nitrogens with one attached hydrogen (secondary N) is 1. The second kappa shape index (κ2) is 8.84. The van der Waals surface area contributed by atoms with Crippen molar-refractivity contribution in [2.45, 2.75) is 64.9 Å². The van der Waals surface area contributed by atoms with Crippen molar-refractivity contribution < 1.29 is 9.53 Å². The van der Waals surface area contributed by atoms with Gasteiger partial charge in [0.2, 0.25) is 0 Å². The number of rotatable bonds is 3. The number of carbonyl (C=O) groups excluding carboxylic acids is 1. The number of ether oxygens (including phenoxy) is 1. The number of hydrogen-bond donors (Lipinski definition) is 2. The maximum Gasteiger partial charge on any atom is 0.410 e. The average Bonchev–Trinajstić information content (AvgIpc) is 2.66. The monoisotopic (exact) mass is 386 g/mol. The third-order valence-corrected chi connectivity index (χ3v) is 5.35. The number of piperidine rings is 1. The molecule has 1 atom stereocenters. The fourth-order valence-electron chi connectivity index (χ4n) is 4.01. The highest BCUT2D eigenvalue weighted by Crippen LogP contribution is 2.27. The number of amides is 1. The van der Waals surface area contributed by atoms with Crippen molar-refractivity contribution >= 4 is 17.7 Å². The Balaban J connectivity index is 1.55. The van der Waals surface area contributed by atoms with Gasteiger partial charge in [-0.15, -0.1) is 0 Å². The first kappa shape index (κ1) is 20.5. The quantitative estimate of drug-likeness (QED) is 0.609. The van der Waals surface area contributed by atoms with Crippen LogP contribution >= 0.6 is 0 Å². The molecule has 1 aromatic carbocycles. The third kappa shape index (κ3) is 5.63. The van der Waals surface area contributed by atoms with E-state index in [1.54, 1.807) is 4.90 Å². The molecule has 0 bridgehead atoms. The van der Waals surface area contributed by atoms with Crippen LogP contribution in [-0.2, 0) is 17.6 Å². The summed E-state index contributed by atoms with van der Waals surface area (Å²) in [5, 5.41) is 3.30. The van der Waals surface area contributed by atoms with Gasteiger partial charge in [-0.05, 0) is 82.4 Å². The van der Waals surface area contributed by atoms with Gasteiger partial charge in [0.05, 0.1) is 0 Å². The van der Waals surface area contributed by atoms with Crippen molar-refractivity contribution in [3.8, 4) is 0 Å². The summed E-state index contributed by atoms with van der Waals surface area (Å²) in [5.41, 5.74) is 9.58. The average molecular weight is 387 g/mol. The molecular weight excluding hydrogens is 352 g/mol. The van der Waals surface area contributed by atoms with Crippen molar-refractivity contribution in [1.29, 1.82) is 0 Å². The molecule has 0 aromatic heterocycles. The number of benzene rings is 1. The molecule has 154 valence electrons. The number of guanidine groups is 1. The van der Waals surface area contributed by atoms with Crippen molar-refractivity contribution in [2.75, 3.05) is 25.0 Å². The van der Waals surface area contributed by atoms with Gasteiger partial charge in [-0.1, -0.05) is 12.1 Å². The van der Waals surface area contributed by atoms with Crippen LogP contribution in [-0.4, -0.2) is 42.2 Å². The number of nitrogens with two attached hydrogens (primary N) is 1. The van der Waals surface area contributed by atoms with Gasteiger partial charge in [0.25, 0.3) is 0 Å². The SMILES string of the molecule is CC(C)(C)OC(=O)N1CCCC(CN=C(N)Nc2cccc3c2CCCC3)C1. The molecule has 0 radical (unpaired) electrons. The van der Waals surface area contributed by atoms with Crippen LogP contribution in [0.4, 0.5) is 10.5 Å². The molecule has 3 rings (SSSR count). The lowest BCUT2D eigenvalue weighted by Crippen LogP contribution is -2.43. The Morgan fingerprint density at radius 3 is 2.86 bits per heavy atom. The molecule has 1 heterocycles. The lowest BCUT2D eigenvalue weighted by molar-refractivity contribution is 0.0171. The van der Waals surface area contributed by atoms with Crippen molar-refractivity contribution in [2.24, 2.45) is 16.6 Å². The molecule has 2 aliphatic rings. The smallest absolute Gasteiger partial charge is 0.410 e. The zero-order chi connectivity index (χ0) is 20.1. The number of carbonyl (C=O) groups is 1. The molecule has 3 N–H and O–H groups in total. The molecule has 1 aliphatic heterocycles. The van der Waals surface area contributed by atoms with Crippen LogP contribution in [0.2, 0.25) is 0 Å². The molecule has 0 spiro atoms. The van der Waals surface area contributed by atoms with Crippen molar-refractivity contribution in [3.63, 3.8) is 0 Å². The van der Waals surface area contributed by atoms with E-state index in [2.05, 4.69) is 28.5 Å². The van der Waals surface area contributed by atoms with Gasteiger partial charge in [0.15, 0.2) is 5.96 Å². The number of aliphatic imine (C=N–C) groups is 1.